The number of methoxy groups -OCH3 is 2. The number of fused-ring (bicyclic) bond motifs is 1. The number of hydrogen-bond acceptors (Lipinski definition) is 2. The Morgan fingerprint density at radius 2 is 1.58 bits per heavy atom. The Hall–Kier alpha value is -2.00. The standard InChI is InChI=1S/C21H27NO2/c1-21(2,3)16-8-6-14(7-9-16)20-17-13-19(24-5)18(23-4)12-15(17)10-11-22-20/h6-9,12-13,20,22H,10-11H2,1-5H3/p+1. The van der Waals surface area contributed by atoms with Crippen molar-refractivity contribution in [3.8, 4) is 11.5 Å². The first kappa shape index (κ1) is 16.8. The van der Waals surface area contributed by atoms with Crippen molar-refractivity contribution in [3.05, 3.63) is 58.7 Å². The molecule has 0 aromatic heterocycles. The zero-order valence-electron chi connectivity index (χ0n) is 15.3. The Balaban J connectivity index is 2.00. The van der Waals surface area contributed by atoms with Crippen LogP contribution in [0, 0.1) is 0 Å². The Labute approximate surface area is 145 Å². The van der Waals surface area contributed by atoms with Crippen molar-refractivity contribution >= 4 is 0 Å². The van der Waals surface area contributed by atoms with Gasteiger partial charge in [-0.25, -0.2) is 0 Å². The number of hydrogen-bond donors (Lipinski definition) is 1. The minimum absolute atomic E-state index is 0.184. The lowest BCUT2D eigenvalue weighted by molar-refractivity contribution is -0.690. The van der Waals surface area contributed by atoms with Crippen LogP contribution in [0.1, 0.15) is 49.1 Å². The highest BCUT2D eigenvalue weighted by Crippen LogP contribution is 2.35. The second-order valence-electron chi connectivity index (χ2n) is 7.53. The maximum absolute atomic E-state index is 5.51. The second-order valence-corrected chi connectivity index (χ2v) is 7.53. The molecule has 1 unspecified atom stereocenters. The van der Waals surface area contributed by atoms with E-state index in [1.165, 1.54) is 22.3 Å². The molecule has 0 spiro atoms. The van der Waals surface area contributed by atoms with E-state index in [0.29, 0.717) is 6.04 Å². The summed E-state index contributed by atoms with van der Waals surface area (Å²) in [7, 11) is 3.39. The molecule has 1 aliphatic rings. The van der Waals surface area contributed by atoms with Crippen molar-refractivity contribution < 1.29 is 14.8 Å². The molecule has 3 rings (SSSR count). The average Bonchev–Trinajstić information content (AvgIpc) is 2.59. The average molecular weight is 326 g/mol. The van der Waals surface area contributed by atoms with Crippen LogP contribution in [0.4, 0.5) is 0 Å². The lowest BCUT2D eigenvalue weighted by atomic mass is 9.84. The smallest absolute Gasteiger partial charge is 0.161 e. The van der Waals surface area contributed by atoms with Crippen LogP contribution < -0.4 is 14.8 Å². The van der Waals surface area contributed by atoms with E-state index in [1.54, 1.807) is 14.2 Å². The predicted octanol–water partition coefficient (Wildman–Crippen LogP) is 3.21. The molecule has 1 aliphatic heterocycles. The normalized spacial score (nSPS) is 17.3. The molecule has 0 fully saturated rings. The van der Waals surface area contributed by atoms with Gasteiger partial charge in [0.05, 0.1) is 20.8 Å². The third-order valence-corrected chi connectivity index (χ3v) is 4.93. The first-order valence-corrected chi connectivity index (χ1v) is 8.62. The van der Waals surface area contributed by atoms with Crippen molar-refractivity contribution in [1.82, 2.24) is 0 Å². The van der Waals surface area contributed by atoms with E-state index in [4.69, 9.17) is 9.47 Å². The van der Waals surface area contributed by atoms with Gasteiger partial charge < -0.3 is 14.8 Å². The van der Waals surface area contributed by atoms with Crippen molar-refractivity contribution in [2.45, 2.75) is 38.6 Å². The molecule has 0 saturated heterocycles. The van der Waals surface area contributed by atoms with Crippen LogP contribution in [0.3, 0.4) is 0 Å². The van der Waals surface area contributed by atoms with E-state index in [9.17, 15) is 0 Å². The van der Waals surface area contributed by atoms with Crippen LogP contribution in [-0.2, 0) is 11.8 Å². The molecule has 1 heterocycles. The summed E-state index contributed by atoms with van der Waals surface area (Å²) in [6.07, 6.45) is 1.06. The number of rotatable bonds is 3. The largest absolute Gasteiger partial charge is 0.493 e. The lowest BCUT2D eigenvalue weighted by Crippen LogP contribution is -2.87. The van der Waals surface area contributed by atoms with Crippen LogP contribution in [0.5, 0.6) is 11.5 Å². The van der Waals surface area contributed by atoms with Crippen LogP contribution in [0.2, 0.25) is 0 Å². The van der Waals surface area contributed by atoms with Crippen molar-refractivity contribution in [2.75, 3.05) is 20.8 Å². The summed E-state index contributed by atoms with van der Waals surface area (Å²) in [6, 6.07) is 13.7. The van der Waals surface area contributed by atoms with Crippen LogP contribution in [-0.4, -0.2) is 20.8 Å². The van der Waals surface area contributed by atoms with Crippen molar-refractivity contribution in [2.24, 2.45) is 0 Å². The Morgan fingerprint density at radius 1 is 0.958 bits per heavy atom. The quantitative estimate of drug-likeness (QED) is 0.940. The summed E-state index contributed by atoms with van der Waals surface area (Å²) < 4.78 is 11.0. The minimum atomic E-state index is 0.184. The third-order valence-electron chi connectivity index (χ3n) is 4.93. The third kappa shape index (κ3) is 3.13. The number of benzene rings is 2. The molecular weight excluding hydrogens is 298 g/mol. The van der Waals surface area contributed by atoms with Crippen LogP contribution in [0.25, 0.3) is 0 Å². The fraction of sp³-hybridized carbons (Fsp3) is 0.429. The Kier molecular flexibility index (Phi) is 4.55. The minimum Gasteiger partial charge on any atom is -0.493 e. The first-order valence-electron chi connectivity index (χ1n) is 8.62. The number of quaternary nitrogens is 1. The molecule has 128 valence electrons. The van der Waals surface area contributed by atoms with Crippen LogP contribution >= 0.6 is 0 Å². The molecule has 24 heavy (non-hydrogen) atoms. The van der Waals surface area contributed by atoms with Gasteiger partial charge in [0.15, 0.2) is 11.5 Å². The van der Waals surface area contributed by atoms with Crippen molar-refractivity contribution in [1.29, 1.82) is 0 Å². The van der Waals surface area contributed by atoms with E-state index in [0.717, 1.165) is 24.5 Å². The van der Waals surface area contributed by atoms with Gasteiger partial charge in [-0.3, -0.25) is 0 Å². The highest BCUT2D eigenvalue weighted by Gasteiger charge is 2.27. The van der Waals surface area contributed by atoms with Crippen LogP contribution in [0.15, 0.2) is 36.4 Å². The maximum Gasteiger partial charge on any atom is 0.161 e. The van der Waals surface area contributed by atoms with Gasteiger partial charge in [-0.1, -0.05) is 45.0 Å². The zero-order chi connectivity index (χ0) is 17.3. The molecule has 0 saturated carbocycles. The van der Waals surface area contributed by atoms with E-state index in [-0.39, 0.29) is 5.41 Å². The first-order chi connectivity index (χ1) is 11.4. The van der Waals surface area contributed by atoms with E-state index in [2.05, 4.69) is 62.5 Å². The summed E-state index contributed by atoms with van der Waals surface area (Å²) in [4.78, 5) is 0. The van der Waals surface area contributed by atoms with Gasteiger partial charge in [0.2, 0.25) is 0 Å². The Bertz CT molecular complexity index is 714. The van der Waals surface area contributed by atoms with Gasteiger partial charge in [-0.2, -0.15) is 0 Å². The molecule has 0 amide bonds. The molecule has 0 aliphatic carbocycles. The Morgan fingerprint density at radius 3 is 2.17 bits per heavy atom. The molecule has 0 radical (unpaired) electrons. The summed E-state index contributed by atoms with van der Waals surface area (Å²) >= 11 is 0. The molecule has 2 N–H and O–H groups in total. The molecule has 3 heteroatoms. The second kappa shape index (κ2) is 6.48. The molecular formula is C21H28NO2+. The molecule has 2 aromatic carbocycles. The molecule has 1 atom stereocenters. The highest BCUT2D eigenvalue weighted by molar-refractivity contribution is 5.50. The van der Waals surface area contributed by atoms with E-state index >= 15 is 0 Å². The van der Waals surface area contributed by atoms with Gasteiger partial charge in [0.1, 0.15) is 6.04 Å². The lowest BCUT2D eigenvalue weighted by Gasteiger charge is -2.26. The van der Waals surface area contributed by atoms with E-state index in [1.807, 2.05) is 0 Å². The predicted molar refractivity (Wildman–Crippen MR) is 97.0 cm³/mol. The van der Waals surface area contributed by atoms with Gasteiger partial charge in [-0.05, 0) is 28.7 Å². The summed E-state index contributed by atoms with van der Waals surface area (Å²) in [5.41, 5.74) is 5.59. The summed E-state index contributed by atoms with van der Waals surface area (Å²) in [6.45, 7) is 7.84. The zero-order valence-corrected chi connectivity index (χ0v) is 15.3. The highest BCUT2D eigenvalue weighted by atomic mass is 16.5. The van der Waals surface area contributed by atoms with Gasteiger partial charge in [0.25, 0.3) is 0 Å². The van der Waals surface area contributed by atoms with Crippen molar-refractivity contribution in [3.63, 3.8) is 0 Å². The molecule has 2 aromatic rings. The maximum atomic E-state index is 5.51. The fourth-order valence-electron chi connectivity index (χ4n) is 3.48. The van der Waals surface area contributed by atoms with E-state index < -0.39 is 0 Å². The monoisotopic (exact) mass is 326 g/mol. The summed E-state index contributed by atoms with van der Waals surface area (Å²) in [5.74, 6) is 1.63. The van der Waals surface area contributed by atoms with Gasteiger partial charge in [-0.15, -0.1) is 0 Å². The summed E-state index contributed by atoms with van der Waals surface area (Å²) in [5, 5.41) is 2.42. The van der Waals surface area contributed by atoms with Gasteiger partial charge >= 0.3 is 0 Å². The number of nitrogens with two attached hydrogens (primary N) is 1. The topological polar surface area (TPSA) is 35.1 Å². The molecule has 3 nitrogen and oxygen atoms in total. The van der Waals surface area contributed by atoms with Gasteiger partial charge in [0, 0.05) is 17.5 Å². The SMILES string of the molecule is COc1cc2c(cc1OC)C(c1ccc(C(C)(C)C)cc1)[NH2+]CC2. The fourth-order valence-corrected chi connectivity index (χ4v) is 3.48. The molecule has 0 bridgehead atoms. The number of ether oxygens (including phenoxy) is 2.